The molecule has 124 valence electrons. The Labute approximate surface area is 138 Å². The molecule has 1 heterocycles. The van der Waals surface area contributed by atoms with Crippen molar-refractivity contribution in [3.63, 3.8) is 0 Å². The highest BCUT2D eigenvalue weighted by molar-refractivity contribution is 5.81. The van der Waals surface area contributed by atoms with Crippen molar-refractivity contribution in [2.24, 2.45) is 5.41 Å². The van der Waals surface area contributed by atoms with Gasteiger partial charge in [0.15, 0.2) is 0 Å². The van der Waals surface area contributed by atoms with E-state index in [-0.39, 0.29) is 17.4 Å². The van der Waals surface area contributed by atoms with Gasteiger partial charge < -0.3 is 9.64 Å². The van der Waals surface area contributed by atoms with Crippen LogP contribution in [0.25, 0.3) is 0 Å². The molecule has 0 aliphatic carbocycles. The van der Waals surface area contributed by atoms with E-state index >= 15 is 0 Å². The van der Waals surface area contributed by atoms with Crippen molar-refractivity contribution in [2.45, 2.75) is 26.8 Å². The Balaban J connectivity index is 2.05. The van der Waals surface area contributed by atoms with E-state index in [1.165, 1.54) is 0 Å². The van der Waals surface area contributed by atoms with Crippen molar-refractivity contribution in [3.05, 3.63) is 29.8 Å². The van der Waals surface area contributed by atoms with E-state index in [4.69, 9.17) is 4.74 Å². The minimum atomic E-state index is -0.358. The van der Waals surface area contributed by atoms with E-state index in [1.807, 2.05) is 49.9 Å². The second kappa shape index (κ2) is 7.01. The SMILES string of the molecule is COc1cccc(C(C#N)N2CCN(C(=O)C(C)(C)C)CC2)c1. The van der Waals surface area contributed by atoms with E-state index in [1.54, 1.807) is 7.11 Å². The molecule has 1 fully saturated rings. The Morgan fingerprint density at radius 3 is 2.43 bits per heavy atom. The molecule has 0 spiro atoms. The number of amides is 1. The first-order chi connectivity index (χ1) is 10.9. The van der Waals surface area contributed by atoms with Gasteiger partial charge in [-0.1, -0.05) is 32.9 Å². The van der Waals surface area contributed by atoms with Crippen LogP contribution in [-0.4, -0.2) is 49.0 Å². The van der Waals surface area contributed by atoms with Gasteiger partial charge in [0.1, 0.15) is 11.8 Å². The van der Waals surface area contributed by atoms with Gasteiger partial charge >= 0.3 is 0 Å². The molecule has 0 bridgehead atoms. The Bertz CT molecular complexity index is 593. The lowest BCUT2D eigenvalue weighted by atomic mass is 9.94. The van der Waals surface area contributed by atoms with Gasteiger partial charge in [-0.25, -0.2) is 0 Å². The molecule has 5 nitrogen and oxygen atoms in total. The second-order valence-electron chi connectivity index (χ2n) is 6.89. The molecule has 1 aromatic carbocycles. The van der Waals surface area contributed by atoms with Crippen molar-refractivity contribution in [1.82, 2.24) is 9.80 Å². The second-order valence-corrected chi connectivity index (χ2v) is 6.89. The molecule has 0 aromatic heterocycles. The number of nitrogens with zero attached hydrogens (tertiary/aromatic N) is 3. The highest BCUT2D eigenvalue weighted by Gasteiger charge is 2.32. The molecular formula is C18H25N3O2. The highest BCUT2D eigenvalue weighted by atomic mass is 16.5. The predicted molar refractivity (Wildman–Crippen MR) is 89.0 cm³/mol. The maximum absolute atomic E-state index is 12.3. The Hall–Kier alpha value is -2.06. The number of carbonyl (C=O) groups excluding carboxylic acids is 1. The molecular weight excluding hydrogens is 290 g/mol. The third kappa shape index (κ3) is 4.02. The average Bonchev–Trinajstić information content (AvgIpc) is 2.55. The lowest BCUT2D eigenvalue weighted by Gasteiger charge is -2.39. The lowest BCUT2D eigenvalue weighted by molar-refractivity contribution is -0.141. The summed E-state index contributed by atoms with van der Waals surface area (Å²) in [6.45, 7) is 8.56. The lowest BCUT2D eigenvalue weighted by Crippen LogP contribution is -2.52. The van der Waals surface area contributed by atoms with Crippen LogP contribution in [0.5, 0.6) is 5.75 Å². The molecule has 1 aliphatic rings. The van der Waals surface area contributed by atoms with Crippen LogP contribution in [0, 0.1) is 16.7 Å². The van der Waals surface area contributed by atoms with Crippen LogP contribution < -0.4 is 4.74 Å². The molecule has 1 saturated heterocycles. The fourth-order valence-corrected chi connectivity index (χ4v) is 2.84. The first-order valence-corrected chi connectivity index (χ1v) is 7.94. The monoisotopic (exact) mass is 315 g/mol. The molecule has 1 amide bonds. The maximum Gasteiger partial charge on any atom is 0.228 e. The summed E-state index contributed by atoms with van der Waals surface area (Å²) in [6.07, 6.45) is 0. The fraction of sp³-hybridized carbons (Fsp3) is 0.556. The van der Waals surface area contributed by atoms with Crippen LogP contribution in [-0.2, 0) is 4.79 Å². The van der Waals surface area contributed by atoms with E-state index < -0.39 is 0 Å². The molecule has 1 aromatic rings. The highest BCUT2D eigenvalue weighted by Crippen LogP contribution is 2.26. The predicted octanol–water partition coefficient (Wildman–Crippen LogP) is 2.45. The summed E-state index contributed by atoms with van der Waals surface area (Å²) in [4.78, 5) is 16.4. The van der Waals surface area contributed by atoms with Gasteiger partial charge in [0.25, 0.3) is 0 Å². The molecule has 0 radical (unpaired) electrons. The fourth-order valence-electron chi connectivity index (χ4n) is 2.84. The van der Waals surface area contributed by atoms with E-state index in [0.717, 1.165) is 11.3 Å². The van der Waals surface area contributed by atoms with Crippen LogP contribution in [0.4, 0.5) is 0 Å². The third-order valence-electron chi connectivity index (χ3n) is 4.14. The molecule has 2 rings (SSSR count). The number of nitriles is 1. The summed E-state index contributed by atoms with van der Waals surface area (Å²) in [5, 5.41) is 9.59. The van der Waals surface area contributed by atoms with Crippen molar-refractivity contribution < 1.29 is 9.53 Å². The van der Waals surface area contributed by atoms with Crippen LogP contribution in [0.15, 0.2) is 24.3 Å². The molecule has 1 aliphatic heterocycles. The van der Waals surface area contributed by atoms with Gasteiger partial charge in [-0.3, -0.25) is 9.69 Å². The first-order valence-electron chi connectivity index (χ1n) is 7.94. The number of carbonyl (C=O) groups is 1. The average molecular weight is 315 g/mol. The molecule has 0 saturated carbocycles. The summed E-state index contributed by atoms with van der Waals surface area (Å²) < 4.78 is 5.24. The zero-order valence-electron chi connectivity index (χ0n) is 14.4. The Kier molecular flexibility index (Phi) is 5.27. The molecule has 1 atom stereocenters. The van der Waals surface area contributed by atoms with Crippen molar-refractivity contribution >= 4 is 5.91 Å². The van der Waals surface area contributed by atoms with Crippen LogP contribution in [0.1, 0.15) is 32.4 Å². The Morgan fingerprint density at radius 2 is 1.91 bits per heavy atom. The summed E-state index contributed by atoms with van der Waals surface area (Å²) in [6, 6.07) is 9.70. The summed E-state index contributed by atoms with van der Waals surface area (Å²) >= 11 is 0. The van der Waals surface area contributed by atoms with Crippen molar-refractivity contribution in [3.8, 4) is 11.8 Å². The van der Waals surface area contributed by atoms with Crippen LogP contribution in [0.3, 0.4) is 0 Å². The summed E-state index contributed by atoms with van der Waals surface area (Å²) in [7, 11) is 1.62. The van der Waals surface area contributed by atoms with Gasteiger partial charge in [0.2, 0.25) is 5.91 Å². The number of hydrogen-bond donors (Lipinski definition) is 0. The van der Waals surface area contributed by atoms with E-state index in [0.29, 0.717) is 26.2 Å². The van der Waals surface area contributed by atoms with Gasteiger partial charge in [-0.2, -0.15) is 5.26 Å². The number of ether oxygens (including phenoxy) is 1. The minimum Gasteiger partial charge on any atom is -0.497 e. The zero-order chi connectivity index (χ0) is 17.0. The smallest absolute Gasteiger partial charge is 0.228 e. The number of benzene rings is 1. The molecule has 1 unspecified atom stereocenters. The third-order valence-corrected chi connectivity index (χ3v) is 4.14. The van der Waals surface area contributed by atoms with Gasteiger partial charge in [0, 0.05) is 31.6 Å². The number of hydrogen-bond acceptors (Lipinski definition) is 4. The van der Waals surface area contributed by atoms with Gasteiger partial charge in [-0.05, 0) is 17.7 Å². The first kappa shape index (κ1) is 17.3. The normalized spacial score (nSPS) is 17.4. The standard InChI is InChI=1S/C18H25N3O2/c1-18(2,3)17(22)21-10-8-20(9-11-21)16(13-19)14-6-5-7-15(12-14)23-4/h5-7,12,16H,8-11H2,1-4H3. The summed E-state index contributed by atoms with van der Waals surface area (Å²) in [5.74, 6) is 0.927. The number of piperazine rings is 1. The van der Waals surface area contributed by atoms with E-state index in [9.17, 15) is 10.1 Å². The summed E-state index contributed by atoms with van der Waals surface area (Å²) in [5.41, 5.74) is 0.575. The van der Waals surface area contributed by atoms with E-state index in [2.05, 4.69) is 11.0 Å². The molecule has 5 heteroatoms. The van der Waals surface area contributed by atoms with Gasteiger partial charge in [0.05, 0.1) is 13.2 Å². The van der Waals surface area contributed by atoms with Crippen molar-refractivity contribution in [1.29, 1.82) is 5.26 Å². The largest absolute Gasteiger partial charge is 0.497 e. The zero-order valence-corrected chi connectivity index (χ0v) is 14.4. The topological polar surface area (TPSA) is 56.6 Å². The Morgan fingerprint density at radius 1 is 1.26 bits per heavy atom. The van der Waals surface area contributed by atoms with Crippen LogP contribution in [0.2, 0.25) is 0 Å². The van der Waals surface area contributed by atoms with Crippen LogP contribution >= 0.6 is 0 Å². The number of rotatable bonds is 3. The molecule has 23 heavy (non-hydrogen) atoms. The number of methoxy groups -OCH3 is 1. The maximum atomic E-state index is 12.3. The minimum absolute atomic E-state index is 0.173. The van der Waals surface area contributed by atoms with Gasteiger partial charge in [-0.15, -0.1) is 0 Å². The quantitative estimate of drug-likeness (QED) is 0.860. The van der Waals surface area contributed by atoms with Crippen molar-refractivity contribution in [2.75, 3.05) is 33.3 Å². The molecule has 0 N–H and O–H groups in total.